The van der Waals surface area contributed by atoms with Crippen LogP contribution in [0.3, 0.4) is 0 Å². The van der Waals surface area contributed by atoms with Crippen molar-refractivity contribution in [2.75, 3.05) is 13.2 Å². The van der Waals surface area contributed by atoms with Crippen LogP contribution in [0.25, 0.3) is 0 Å². The second-order valence-corrected chi connectivity index (χ2v) is 15.1. The molecule has 4 atom stereocenters. The van der Waals surface area contributed by atoms with Gasteiger partial charge in [0.05, 0.1) is 18.0 Å². The van der Waals surface area contributed by atoms with Crippen LogP contribution in [-0.2, 0) is 28.6 Å². The van der Waals surface area contributed by atoms with E-state index in [4.69, 9.17) is 37.4 Å². The van der Waals surface area contributed by atoms with Crippen LogP contribution in [0.4, 0.5) is 0 Å². The van der Waals surface area contributed by atoms with Crippen LogP contribution in [0.15, 0.2) is 10.4 Å². The van der Waals surface area contributed by atoms with Crippen molar-refractivity contribution in [1.82, 2.24) is 15.6 Å². The van der Waals surface area contributed by atoms with E-state index >= 15 is 0 Å². The molecule has 2 aliphatic rings. The third kappa shape index (κ3) is 9.26. The normalized spacial score (nSPS) is 25.8. The Labute approximate surface area is 265 Å². The van der Waals surface area contributed by atoms with Crippen molar-refractivity contribution >= 4 is 64.2 Å². The molecule has 0 fully saturated rings. The van der Waals surface area contributed by atoms with Gasteiger partial charge in [-0.2, -0.15) is 0 Å². The monoisotopic (exact) mass is 662 g/mol. The van der Waals surface area contributed by atoms with Crippen LogP contribution >= 0.6 is 34.5 Å². The molecule has 4 bridgehead atoms. The van der Waals surface area contributed by atoms with Gasteiger partial charge in [0.2, 0.25) is 23.8 Å². The first kappa shape index (κ1) is 35.0. The van der Waals surface area contributed by atoms with Crippen molar-refractivity contribution in [3.8, 4) is 0 Å². The topological polar surface area (TPSA) is 166 Å². The molecule has 1 aromatic rings. The zero-order valence-electron chi connectivity index (χ0n) is 25.4. The van der Waals surface area contributed by atoms with Gasteiger partial charge in [-0.3, -0.25) is 14.4 Å². The van der Waals surface area contributed by atoms with E-state index in [0.717, 1.165) is 0 Å². The molecule has 0 saturated heterocycles. The first-order valence-electron chi connectivity index (χ1n) is 14.0. The molecule has 0 aliphatic carbocycles. The van der Waals surface area contributed by atoms with Gasteiger partial charge in [0.25, 0.3) is 0 Å². The van der Waals surface area contributed by atoms with Gasteiger partial charge in [0, 0.05) is 5.38 Å². The number of aliphatic imine (C=N–C) groups is 1. The minimum absolute atomic E-state index is 0.00856. The molecule has 1 aromatic heterocycles. The fourth-order valence-corrected chi connectivity index (χ4v) is 5.74. The summed E-state index contributed by atoms with van der Waals surface area (Å²) in [5, 5.41) is 18.3. The van der Waals surface area contributed by atoms with Gasteiger partial charge in [-0.15, -0.1) is 34.5 Å². The van der Waals surface area contributed by atoms with Gasteiger partial charge >= 0.3 is 11.9 Å². The molecule has 3 N–H and O–H groups in total. The molecule has 240 valence electrons. The Kier molecular flexibility index (Phi) is 11.1. The highest BCUT2D eigenvalue weighted by molar-refractivity contribution is 7.09. The largest absolute Gasteiger partial charge is 0.475 e. The number of amides is 2. The van der Waals surface area contributed by atoms with E-state index in [9.17, 15) is 24.3 Å². The summed E-state index contributed by atoms with van der Waals surface area (Å²) in [6.07, 6.45) is -1.43. The van der Waals surface area contributed by atoms with Crippen LogP contribution < -0.4 is 10.6 Å². The van der Waals surface area contributed by atoms with E-state index < -0.39 is 63.4 Å². The molecular formula is C28H40Cl2N4O8S. The molecular weight excluding hydrogens is 623 g/mol. The van der Waals surface area contributed by atoms with Gasteiger partial charge in [0.15, 0.2) is 11.7 Å². The minimum atomic E-state index is -1.66. The summed E-state index contributed by atoms with van der Waals surface area (Å²) < 4.78 is 16.2. The maximum atomic E-state index is 13.7. The van der Waals surface area contributed by atoms with Crippen molar-refractivity contribution in [3.05, 3.63) is 16.1 Å². The fourth-order valence-electron chi connectivity index (χ4n) is 4.46. The first-order chi connectivity index (χ1) is 19.8. The van der Waals surface area contributed by atoms with Crippen LogP contribution in [-0.4, -0.2) is 81.1 Å². The number of aromatic nitrogens is 1. The molecule has 0 radical (unpaired) electrons. The lowest BCUT2D eigenvalue weighted by molar-refractivity contribution is -0.173. The highest BCUT2D eigenvalue weighted by Gasteiger charge is 2.47. The SMILES string of the molecule is CC(C)[C@H]1NC(=O)CNC(=O)[C@H]2COC(=N2)[C@H](C(C)(C)O)OC(=O)C(C)(C)[C@@H](CCCC(C)(Cl)Cl)OC(=O)c2csc1n2. The smallest absolute Gasteiger partial charge is 0.358 e. The van der Waals surface area contributed by atoms with Gasteiger partial charge in [-0.25, -0.2) is 14.8 Å². The molecule has 43 heavy (non-hydrogen) atoms. The fraction of sp³-hybridized carbons (Fsp3) is 0.714. The maximum Gasteiger partial charge on any atom is 0.358 e. The Hall–Kier alpha value is -2.48. The van der Waals surface area contributed by atoms with Crippen molar-refractivity contribution in [2.24, 2.45) is 16.3 Å². The average Bonchev–Trinajstić information content (AvgIpc) is 3.56. The summed E-state index contributed by atoms with van der Waals surface area (Å²) in [6, 6.07) is -1.57. The lowest BCUT2D eigenvalue weighted by atomic mass is 9.83. The summed E-state index contributed by atoms with van der Waals surface area (Å²) in [7, 11) is 0. The van der Waals surface area contributed by atoms with Crippen molar-refractivity contribution in [3.63, 3.8) is 0 Å². The Balaban J connectivity index is 2.03. The van der Waals surface area contributed by atoms with Gasteiger partial charge in [0.1, 0.15) is 27.7 Å². The number of rotatable bonds is 6. The van der Waals surface area contributed by atoms with Crippen molar-refractivity contribution in [1.29, 1.82) is 0 Å². The molecule has 15 heteroatoms. The summed E-state index contributed by atoms with van der Waals surface area (Å²) in [6.45, 7) is 10.8. The molecule has 2 amide bonds. The zero-order chi connectivity index (χ0) is 32.3. The van der Waals surface area contributed by atoms with Crippen LogP contribution in [0.2, 0.25) is 0 Å². The Morgan fingerprint density at radius 1 is 1.16 bits per heavy atom. The highest BCUT2D eigenvalue weighted by atomic mass is 35.5. The number of alkyl halides is 2. The summed E-state index contributed by atoms with van der Waals surface area (Å²) in [5.41, 5.74) is -3.09. The predicted molar refractivity (Wildman–Crippen MR) is 161 cm³/mol. The number of hydrogen-bond donors (Lipinski definition) is 3. The third-order valence-corrected chi connectivity index (χ3v) is 8.44. The standard InChI is InChI=1S/C28H40Cl2N4O8S/c1-14(2)19-23-33-16(13-43-23)24(37)41-17(9-8-10-28(7,29)30)26(3,4)25(38)42-20(27(5,6)39)22-32-15(12-40-22)21(36)31-11-18(35)34-19/h13-15,17,19-20,39H,8-12H2,1-7H3,(H,31,36)(H,34,35)/t15-,17-,19-,20-/m1/s1. The van der Waals surface area contributed by atoms with E-state index in [0.29, 0.717) is 17.8 Å². The number of carbonyl (C=O) groups is 4. The maximum absolute atomic E-state index is 13.7. The quantitative estimate of drug-likeness (QED) is 0.305. The number of aliphatic hydroxyl groups is 1. The number of ether oxygens (including phenoxy) is 3. The van der Waals surface area contributed by atoms with E-state index in [1.165, 1.54) is 30.6 Å². The second-order valence-electron chi connectivity index (χ2n) is 12.4. The molecule has 12 nitrogen and oxygen atoms in total. The third-order valence-electron chi connectivity index (χ3n) is 7.13. The molecule has 0 saturated carbocycles. The van der Waals surface area contributed by atoms with Crippen molar-refractivity contribution < 1.29 is 38.5 Å². The number of thiazole rings is 1. The van der Waals surface area contributed by atoms with E-state index in [-0.39, 0.29) is 37.1 Å². The Morgan fingerprint density at radius 2 is 1.84 bits per heavy atom. The number of nitrogens with one attached hydrogen (secondary N) is 2. The van der Waals surface area contributed by atoms with Crippen LogP contribution in [0.1, 0.15) is 89.3 Å². The zero-order valence-corrected chi connectivity index (χ0v) is 27.7. The minimum Gasteiger partial charge on any atom is -0.475 e. The first-order valence-corrected chi connectivity index (χ1v) is 15.7. The van der Waals surface area contributed by atoms with E-state index in [2.05, 4.69) is 20.6 Å². The number of hydrogen-bond acceptors (Lipinski definition) is 11. The molecule has 3 rings (SSSR count). The highest BCUT2D eigenvalue weighted by Crippen LogP contribution is 2.35. The van der Waals surface area contributed by atoms with E-state index in [1.807, 2.05) is 13.8 Å². The average molecular weight is 664 g/mol. The molecule has 0 unspecified atom stereocenters. The Bertz CT molecular complexity index is 1240. The number of esters is 2. The lowest BCUT2D eigenvalue weighted by Gasteiger charge is -2.35. The molecule has 2 aliphatic heterocycles. The summed E-state index contributed by atoms with van der Waals surface area (Å²) in [4.78, 5) is 61.3. The molecule has 0 spiro atoms. The van der Waals surface area contributed by atoms with Gasteiger partial charge < -0.3 is 30.0 Å². The van der Waals surface area contributed by atoms with Gasteiger partial charge in [-0.1, -0.05) is 13.8 Å². The molecule has 3 heterocycles. The van der Waals surface area contributed by atoms with Crippen LogP contribution in [0.5, 0.6) is 0 Å². The van der Waals surface area contributed by atoms with Crippen LogP contribution in [0, 0.1) is 11.3 Å². The number of fused-ring (bicyclic) bond motifs is 3. The number of carbonyl (C=O) groups excluding carboxylic acids is 4. The summed E-state index contributed by atoms with van der Waals surface area (Å²) in [5.74, 6) is -2.86. The lowest BCUT2D eigenvalue weighted by Crippen LogP contribution is -2.50. The number of halogens is 2. The van der Waals surface area contributed by atoms with Gasteiger partial charge in [-0.05, 0) is 59.8 Å². The molecule has 0 aromatic carbocycles. The van der Waals surface area contributed by atoms with Crippen molar-refractivity contribution in [2.45, 2.75) is 102 Å². The number of cyclic esters (lactones) is 2. The number of nitrogens with zero attached hydrogens (tertiary/aromatic N) is 2. The second kappa shape index (κ2) is 13.7. The van der Waals surface area contributed by atoms with E-state index in [1.54, 1.807) is 20.8 Å². The Morgan fingerprint density at radius 3 is 2.44 bits per heavy atom. The predicted octanol–water partition coefficient (Wildman–Crippen LogP) is 3.48. The summed E-state index contributed by atoms with van der Waals surface area (Å²) >= 11 is 13.5.